The highest BCUT2D eigenvalue weighted by Crippen LogP contribution is 2.21. The van der Waals surface area contributed by atoms with Gasteiger partial charge in [0.15, 0.2) is 0 Å². The van der Waals surface area contributed by atoms with Crippen molar-refractivity contribution in [2.75, 3.05) is 17.1 Å². The number of anilines is 1. The van der Waals surface area contributed by atoms with Crippen LogP contribution in [0, 0.1) is 0 Å². The summed E-state index contributed by atoms with van der Waals surface area (Å²) in [5, 5.41) is 3.39. The Labute approximate surface area is 153 Å². The molecule has 2 aromatic rings. The van der Waals surface area contributed by atoms with E-state index < -0.39 is 10.0 Å². The molecule has 1 amide bonds. The molecule has 0 aliphatic heterocycles. The van der Waals surface area contributed by atoms with Crippen molar-refractivity contribution in [1.82, 2.24) is 5.32 Å². The molecular formula is C18H21ClN2O3S. The van der Waals surface area contributed by atoms with E-state index >= 15 is 0 Å². The third kappa shape index (κ3) is 5.47. The van der Waals surface area contributed by atoms with Gasteiger partial charge >= 0.3 is 0 Å². The second-order valence-electron chi connectivity index (χ2n) is 5.69. The van der Waals surface area contributed by atoms with Gasteiger partial charge in [0.25, 0.3) is 0 Å². The number of amides is 1. The monoisotopic (exact) mass is 380 g/mol. The Morgan fingerprint density at radius 1 is 1.12 bits per heavy atom. The highest BCUT2D eigenvalue weighted by atomic mass is 35.5. The number of hydrogen-bond donors (Lipinski definition) is 1. The predicted octanol–water partition coefficient (Wildman–Crippen LogP) is 3.37. The van der Waals surface area contributed by atoms with Crippen molar-refractivity contribution >= 4 is 33.2 Å². The summed E-state index contributed by atoms with van der Waals surface area (Å²) in [5.41, 5.74) is 1.38. The molecule has 7 heteroatoms. The van der Waals surface area contributed by atoms with Gasteiger partial charge in [-0.25, -0.2) is 8.42 Å². The predicted molar refractivity (Wildman–Crippen MR) is 101 cm³/mol. The van der Waals surface area contributed by atoms with Gasteiger partial charge in [0.05, 0.1) is 18.0 Å². The Hall–Kier alpha value is -2.05. The molecule has 134 valence electrons. The fourth-order valence-electron chi connectivity index (χ4n) is 2.48. The molecule has 1 atom stereocenters. The lowest BCUT2D eigenvalue weighted by Crippen LogP contribution is -2.41. The molecule has 0 saturated carbocycles. The van der Waals surface area contributed by atoms with E-state index in [1.165, 1.54) is 0 Å². The number of sulfonamides is 1. The minimum absolute atomic E-state index is 0.166. The van der Waals surface area contributed by atoms with Crippen LogP contribution in [0.3, 0.4) is 0 Å². The van der Waals surface area contributed by atoms with Crippen LogP contribution in [0.2, 0.25) is 5.02 Å². The SMILES string of the molecule is CC[C@@H](NC(=O)CN(c1ccc(Cl)cc1)S(C)(=O)=O)c1ccccc1. The fourth-order valence-corrected chi connectivity index (χ4v) is 3.47. The van der Waals surface area contributed by atoms with Gasteiger partial charge in [-0.15, -0.1) is 0 Å². The first-order chi connectivity index (χ1) is 11.8. The van der Waals surface area contributed by atoms with Crippen molar-refractivity contribution < 1.29 is 13.2 Å². The minimum Gasteiger partial charge on any atom is -0.348 e. The first-order valence-corrected chi connectivity index (χ1v) is 10.1. The van der Waals surface area contributed by atoms with Gasteiger partial charge in [-0.05, 0) is 36.2 Å². The summed E-state index contributed by atoms with van der Waals surface area (Å²) < 4.78 is 25.2. The molecular weight excluding hydrogens is 360 g/mol. The Bertz CT molecular complexity index is 808. The molecule has 0 saturated heterocycles. The number of carbonyl (C=O) groups is 1. The van der Waals surface area contributed by atoms with E-state index in [0.717, 1.165) is 16.1 Å². The molecule has 25 heavy (non-hydrogen) atoms. The van der Waals surface area contributed by atoms with Crippen molar-refractivity contribution in [1.29, 1.82) is 0 Å². The van der Waals surface area contributed by atoms with Gasteiger partial charge < -0.3 is 5.32 Å². The third-order valence-electron chi connectivity index (χ3n) is 3.75. The van der Waals surface area contributed by atoms with E-state index in [2.05, 4.69) is 5.32 Å². The van der Waals surface area contributed by atoms with E-state index in [9.17, 15) is 13.2 Å². The Balaban J connectivity index is 2.15. The molecule has 0 heterocycles. The second-order valence-corrected chi connectivity index (χ2v) is 8.03. The largest absolute Gasteiger partial charge is 0.348 e. The third-order valence-corrected chi connectivity index (χ3v) is 5.14. The summed E-state index contributed by atoms with van der Waals surface area (Å²) in [7, 11) is -3.60. The highest BCUT2D eigenvalue weighted by molar-refractivity contribution is 7.92. The number of nitrogens with one attached hydrogen (secondary N) is 1. The first-order valence-electron chi connectivity index (χ1n) is 7.89. The van der Waals surface area contributed by atoms with Crippen molar-refractivity contribution in [3.63, 3.8) is 0 Å². The first kappa shape index (κ1) is 19.3. The van der Waals surface area contributed by atoms with Crippen LogP contribution in [0.25, 0.3) is 0 Å². The fraction of sp³-hybridized carbons (Fsp3) is 0.278. The van der Waals surface area contributed by atoms with Crippen molar-refractivity contribution in [2.45, 2.75) is 19.4 Å². The van der Waals surface area contributed by atoms with E-state index in [1.807, 2.05) is 37.3 Å². The number of halogens is 1. The summed E-state index contributed by atoms with van der Waals surface area (Å²) in [6, 6.07) is 15.7. The number of benzene rings is 2. The van der Waals surface area contributed by atoms with Crippen LogP contribution in [0.15, 0.2) is 54.6 Å². The van der Waals surface area contributed by atoms with Gasteiger partial charge in [0.1, 0.15) is 6.54 Å². The van der Waals surface area contributed by atoms with Crippen LogP contribution < -0.4 is 9.62 Å². The molecule has 0 fully saturated rings. The summed E-state index contributed by atoms with van der Waals surface area (Å²) in [6.07, 6.45) is 1.78. The van der Waals surface area contributed by atoms with Gasteiger partial charge in [-0.2, -0.15) is 0 Å². The molecule has 0 aromatic heterocycles. The summed E-state index contributed by atoms with van der Waals surface area (Å²) >= 11 is 5.84. The minimum atomic E-state index is -3.60. The molecule has 0 spiro atoms. The molecule has 0 aliphatic carbocycles. The lowest BCUT2D eigenvalue weighted by molar-refractivity contribution is -0.120. The van der Waals surface area contributed by atoms with Crippen LogP contribution in [0.5, 0.6) is 0 Å². The molecule has 2 aromatic carbocycles. The van der Waals surface area contributed by atoms with Crippen molar-refractivity contribution in [3.8, 4) is 0 Å². The Morgan fingerprint density at radius 3 is 2.24 bits per heavy atom. The van der Waals surface area contributed by atoms with Crippen LogP contribution in [-0.2, 0) is 14.8 Å². The van der Waals surface area contributed by atoms with E-state index in [0.29, 0.717) is 17.1 Å². The normalized spacial score (nSPS) is 12.4. The lowest BCUT2D eigenvalue weighted by atomic mass is 10.0. The topological polar surface area (TPSA) is 66.5 Å². The zero-order chi connectivity index (χ0) is 18.4. The lowest BCUT2D eigenvalue weighted by Gasteiger charge is -2.24. The molecule has 0 radical (unpaired) electrons. The maximum atomic E-state index is 12.4. The molecule has 1 N–H and O–H groups in total. The molecule has 2 rings (SSSR count). The van der Waals surface area contributed by atoms with E-state index in [1.54, 1.807) is 24.3 Å². The summed E-state index contributed by atoms with van der Waals surface area (Å²) in [5.74, 6) is -0.365. The number of rotatable bonds is 7. The molecule has 0 unspecified atom stereocenters. The van der Waals surface area contributed by atoms with Crippen LogP contribution in [0.1, 0.15) is 24.9 Å². The zero-order valence-corrected chi connectivity index (χ0v) is 15.7. The van der Waals surface area contributed by atoms with Gasteiger partial charge in [-0.3, -0.25) is 9.10 Å². The number of nitrogens with zero attached hydrogens (tertiary/aromatic N) is 1. The quantitative estimate of drug-likeness (QED) is 0.800. The number of hydrogen-bond acceptors (Lipinski definition) is 3. The average molecular weight is 381 g/mol. The van der Waals surface area contributed by atoms with Crippen LogP contribution in [-0.4, -0.2) is 27.1 Å². The van der Waals surface area contributed by atoms with Crippen molar-refractivity contribution in [3.05, 3.63) is 65.2 Å². The van der Waals surface area contributed by atoms with Crippen LogP contribution >= 0.6 is 11.6 Å². The molecule has 0 aliphatic rings. The maximum absolute atomic E-state index is 12.4. The van der Waals surface area contributed by atoms with Crippen molar-refractivity contribution in [2.24, 2.45) is 0 Å². The van der Waals surface area contributed by atoms with Gasteiger partial charge in [-0.1, -0.05) is 48.9 Å². The Kier molecular flexibility index (Phi) is 6.45. The second kappa shape index (κ2) is 8.36. The molecule has 0 bridgehead atoms. The Morgan fingerprint density at radius 2 is 1.72 bits per heavy atom. The smallest absolute Gasteiger partial charge is 0.241 e. The number of carbonyl (C=O) groups excluding carboxylic acids is 1. The molecule has 5 nitrogen and oxygen atoms in total. The summed E-state index contributed by atoms with van der Waals surface area (Å²) in [6.45, 7) is 1.68. The summed E-state index contributed by atoms with van der Waals surface area (Å²) in [4.78, 5) is 12.4. The van der Waals surface area contributed by atoms with Crippen LogP contribution in [0.4, 0.5) is 5.69 Å². The van der Waals surface area contributed by atoms with Gasteiger partial charge in [0, 0.05) is 5.02 Å². The zero-order valence-electron chi connectivity index (χ0n) is 14.1. The maximum Gasteiger partial charge on any atom is 0.241 e. The van der Waals surface area contributed by atoms with Gasteiger partial charge in [0.2, 0.25) is 15.9 Å². The average Bonchev–Trinajstić information content (AvgIpc) is 2.58. The van der Waals surface area contributed by atoms with E-state index in [-0.39, 0.29) is 18.5 Å². The highest BCUT2D eigenvalue weighted by Gasteiger charge is 2.22. The standard InChI is InChI=1S/C18H21ClN2O3S/c1-3-17(14-7-5-4-6-8-14)20-18(22)13-21(25(2,23)24)16-11-9-15(19)10-12-16/h4-12,17H,3,13H2,1-2H3,(H,20,22)/t17-/m1/s1. The van der Waals surface area contributed by atoms with E-state index in [4.69, 9.17) is 11.6 Å².